The molecule has 0 aromatic heterocycles. The second kappa shape index (κ2) is 7.16. The molecule has 0 spiro atoms. The van der Waals surface area contributed by atoms with Gasteiger partial charge in [-0.1, -0.05) is 51.4 Å². The van der Waals surface area contributed by atoms with Crippen LogP contribution in [0.4, 0.5) is 0 Å². The van der Waals surface area contributed by atoms with Crippen LogP contribution < -0.4 is 5.32 Å². The van der Waals surface area contributed by atoms with E-state index in [1.165, 1.54) is 11.1 Å². The third-order valence-corrected chi connectivity index (χ3v) is 4.15. The Morgan fingerprint density at radius 3 is 2.39 bits per heavy atom. The maximum atomic E-state index is 6.33. The highest BCUT2D eigenvalue weighted by Crippen LogP contribution is 2.23. The molecule has 0 aliphatic carbocycles. The van der Waals surface area contributed by atoms with Crippen molar-refractivity contribution in [2.75, 3.05) is 6.54 Å². The minimum atomic E-state index is 0.496. The molecule has 2 heteroatoms. The van der Waals surface area contributed by atoms with Gasteiger partial charge >= 0.3 is 0 Å². The molecular weight excluding hydrogens is 242 g/mol. The van der Waals surface area contributed by atoms with Crippen LogP contribution in [0.15, 0.2) is 18.2 Å². The first-order chi connectivity index (χ1) is 8.45. The Balaban J connectivity index is 2.82. The topological polar surface area (TPSA) is 12.0 Å². The van der Waals surface area contributed by atoms with Gasteiger partial charge in [0, 0.05) is 11.1 Å². The number of halogens is 1. The maximum Gasteiger partial charge on any atom is 0.0441 e. The number of benzene rings is 1. The number of likely N-dealkylation sites (N-methyl/N-ethyl adjacent to an activating group) is 1. The average molecular weight is 268 g/mol. The predicted molar refractivity (Wildman–Crippen MR) is 81.4 cm³/mol. The fourth-order valence-electron chi connectivity index (χ4n) is 2.23. The summed E-state index contributed by atoms with van der Waals surface area (Å²) >= 11 is 6.33. The molecular formula is C16H26ClN. The quantitative estimate of drug-likeness (QED) is 0.802. The van der Waals surface area contributed by atoms with Gasteiger partial charge in [-0.25, -0.2) is 0 Å². The fraction of sp³-hybridized carbons (Fsp3) is 0.625. The molecule has 2 atom stereocenters. The molecule has 0 heterocycles. The van der Waals surface area contributed by atoms with Gasteiger partial charge in [-0.2, -0.15) is 0 Å². The van der Waals surface area contributed by atoms with E-state index in [-0.39, 0.29) is 0 Å². The Morgan fingerprint density at radius 1 is 1.22 bits per heavy atom. The van der Waals surface area contributed by atoms with Crippen LogP contribution in [0.3, 0.4) is 0 Å². The summed E-state index contributed by atoms with van der Waals surface area (Å²) in [6.07, 6.45) is 1.01. The molecule has 1 nitrogen and oxygen atoms in total. The van der Waals surface area contributed by atoms with E-state index in [4.69, 9.17) is 11.6 Å². The first-order valence-corrected chi connectivity index (χ1v) is 7.31. The normalized spacial score (nSPS) is 14.8. The van der Waals surface area contributed by atoms with Crippen molar-refractivity contribution in [3.8, 4) is 0 Å². The molecule has 1 rings (SSSR count). The Bertz CT molecular complexity index is 373. The van der Waals surface area contributed by atoms with Gasteiger partial charge in [-0.05, 0) is 48.9 Å². The minimum absolute atomic E-state index is 0.496. The summed E-state index contributed by atoms with van der Waals surface area (Å²) in [6.45, 7) is 12.1. The summed E-state index contributed by atoms with van der Waals surface area (Å²) in [7, 11) is 0. The van der Waals surface area contributed by atoms with E-state index >= 15 is 0 Å². The van der Waals surface area contributed by atoms with E-state index in [9.17, 15) is 0 Å². The SMILES string of the molecule is CCNC(Cc1ccc(C)cc1Cl)C(C)C(C)C. The van der Waals surface area contributed by atoms with Crippen molar-refractivity contribution in [2.45, 2.75) is 47.1 Å². The van der Waals surface area contributed by atoms with Gasteiger partial charge < -0.3 is 5.32 Å². The molecule has 1 aromatic rings. The maximum absolute atomic E-state index is 6.33. The first-order valence-electron chi connectivity index (χ1n) is 6.94. The summed E-state index contributed by atoms with van der Waals surface area (Å²) in [5, 5.41) is 4.49. The van der Waals surface area contributed by atoms with Crippen LogP contribution in [0.25, 0.3) is 0 Å². The third kappa shape index (κ3) is 4.29. The highest BCUT2D eigenvalue weighted by Gasteiger charge is 2.20. The molecule has 0 amide bonds. The summed E-state index contributed by atoms with van der Waals surface area (Å²) in [5.74, 6) is 1.32. The Kier molecular flexibility index (Phi) is 6.17. The van der Waals surface area contributed by atoms with Crippen LogP contribution in [0.2, 0.25) is 5.02 Å². The van der Waals surface area contributed by atoms with E-state index in [0.29, 0.717) is 17.9 Å². The average Bonchev–Trinajstić information content (AvgIpc) is 2.30. The Labute approximate surface area is 117 Å². The van der Waals surface area contributed by atoms with Gasteiger partial charge in [-0.3, -0.25) is 0 Å². The minimum Gasteiger partial charge on any atom is -0.314 e. The number of aryl methyl sites for hydroxylation is 1. The van der Waals surface area contributed by atoms with E-state index in [0.717, 1.165) is 18.0 Å². The Morgan fingerprint density at radius 2 is 1.89 bits per heavy atom. The third-order valence-electron chi connectivity index (χ3n) is 3.80. The van der Waals surface area contributed by atoms with Crippen LogP contribution >= 0.6 is 11.6 Å². The highest BCUT2D eigenvalue weighted by molar-refractivity contribution is 6.31. The van der Waals surface area contributed by atoms with Crippen molar-refractivity contribution in [2.24, 2.45) is 11.8 Å². The number of nitrogens with one attached hydrogen (secondary N) is 1. The largest absolute Gasteiger partial charge is 0.314 e. The molecule has 0 aliphatic rings. The van der Waals surface area contributed by atoms with Crippen molar-refractivity contribution in [3.05, 3.63) is 34.3 Å². The van der Waals surface area contributed by atoms with E-state index < -0.39 is 0 Å². The molecule has 102 valence electrons. The highest BCUT2D eigenvalue weighted by atomic mass is 35.5. The summed E-state index contributed by atoms with van der Waals surface area (Å²) in [6, 6.07) is 6.86. The second-order valence-corrected chi connectivity index (χ2v) is 5.97. The monoisotopic (exact) mass is 267 g/mol. The molecule has 1 aromatic carbocycles. The summed E-state index contributed by atoms with van der Waals surface area (Å²) < 4.78 is 0. The smallest absolute Gasteiger partial charge is 0.0441 e. The van der Waals surface area contributed by atoms with Crippen LogP contribution in [0, 0.1) is 18.8 Å². The lowest BCUT2D eigenvalue weighted by Gasteiger charge is -2.28. The molecule has 0 bridgehead atoms. The molecule has 0 saturated heterocycles. The molecule has 18 heavy (non-hydrogen) atoms. The van der Waals surface area contributed by atoms with E-state index in [1.54, 1.807) is 0 Å². The van der Waals surface area contributed by atoms with E-state index in [1.807, 2.05) is 0 Å². The number of hydrogen-bond donors (Lipinski definition) is 1. The molecule has 0 radical (unpaired) electrons. The Hall–Kier alpha value is -0.530. The fourth-order valence-corrected chi connectivity index (χ4v) is 2.54. The van der Waals surface area contributed by atoms with Crippen LogP contribution in [-0.4, -0.2) is 12.6 Å². The van der Waals surface area contributed by atoms with Crippen LogP contribution in [0.1, 0.15) is 38.8 Å². The van der Waals surface area contributed by atoms with Crippen molar-refractivity contribution in [1.82, 2.24) is 5.32 Å². The number of rotatable bonds is 6. The van der Waals surface area contributed by atoms with Crippen LogP contribution in [0.5, 0.6) is 0 Å². The van der Waals surface area contributed by atoms with Gasteiger partial charge in [0.15, 0.2) is 0 Å². The zero-order valence-electron chi connectivity index (χ0n) is 12.3. The molecule has 0 fully saturated rings. The molecule has 2 unspecified atom stereocenters. The van der Waals surface area contributed by atoms with Gasteiger partial charge in [0.05, 0.1) is 0 Å². The van der Waals surface area contributed by atoms with Gasteiger partial charge in [-0.15, -0.1) is 0 Å². The van der Waals surface area contributed by atoms with Gasteiger partial charge in [0.2, 0.25) is 0 Å². The van der Waals surface area contributed by atoms with Crippen LogP contribution in [-0.2, 0) is 6.42 Å². The molecule has 0 aliphatic heterocycles. The lowest BCUT2D eigenvalue weighted by molar-refractivity contribution is 0.300. The summed E-state index contributed by atoms with van der Waals surface area (Å²) in [4.78, 5) is 0. The van der Waals surface area contributed by atoms with Crippen molar-refractivity contribution < 1.29 is 0 Å². The standard InChI is InChI=1S/C16H26ClN/c1-6-18-16(13(5)11(2)3)10-14-8-7-12(4)9-15(14)17/h7-9,11,13,16,18H,6,10H2,1-5H3. The number of hydrogen-bond acceptors (Lipinski definition) is 1. The van der Waals surface area contributed by atoms with E-state index in [2.05, 4.69) is 58.1 Å². The van der Waals surface area contributed by atoms with Crippen molar-refractivity contribution in [1.29, 1.82) is 0 Å². The lowest BCUT2D eigenvalue weighted by Crippen LogP contribution is -2.39. The molecule has 1 N–H and O–H groups in total. The first kappa shape index (κ1) is 15.5. The zero-order valence-corrected chi connectivity index (χ0v) is 13.0. The van der Waals surface area contributed by atoms with Crippen molar-refractivity contribution in [3.63, 3.8) is 0 Å². The van der Waals surface area contributed by atoms with Gasteiger partial charge in [0.25, 0.3) is 0 Å². The predicted octanol–water partition coefficient (Wildman–Crippen LogP) is 4.46. The summed E-state index contributed by atoms with van der Waals surface area (Å²) in [5.41, 5.74) is 2.47. The van der Waals surface area contributed by atoms with Crippen molar-refractivity contribution >= 4 is 11.6 Å². The second-order valence-electron chi connectivity index (χ2n) is 5.57. The molecule has 0 saturated carbocycles. The zero-order chi connectivity index (χ0) is 13.7. The van der Waals surface area contributed by atoms with Gasteiger partial charge in [0.1, 0.15) is 0 Å². The lowest BCUT2D eigenvalue weighted by atomic mass is 9.86.